The second-order valence-electron chi connectivity index (χ2n) is 7.89. The number of hydrogen-bond donors (Lipinski definition) is 0. The normalized spacial score (nSPS) is 16.2. The highest BCUT2D eigenvalue weighted by Gasteiger charge is 2.18. The van der Waals surface area contributed by atoms with Crippen LogP contribution in [0, 0.1) is 0 Å². The maximum atomic E-state index is 2.35. The lowest BCUT2D eigenvalue weighted by Crippen LogP contribution is -1.84. The molecule has 166 valence electrons. The standard InChI is InChI=1S/C24H40S5/c1-2-3-4-5-6-7-8-9-10-11-12-13-14-15-16-17-18-25-22-21-28-24(29-22)23-26-19-20-27-23/h19-21H,2-18H2,1H3. The molecule has 2 heterocycles. The predicted octanol–water partition coefficient (Wildman–Crippen LogP) is 11.3. The Kier molecular flexibility index (Phi) is 16.8. The van der Waals surface area contributed by atoms with Crippen molar-refractivity contribution in [2.24, 2.45) is 0 Å². The van der Waals surface area contributed by atoms with Crippen molar-refractivity contribution in [2.75, 3.05) is 5.75 Å². The highest BCUT2D eigenvalue weighted by atomic mass is 32.2. The van der Waals surface area contributed by atoms with Crippen LogP contribution in [0.3, 0.4) is 0 Å². The van der Waals surface area contributed by atoms with Crippen molar-refractivity contribution in [2.45, 2.75) is 110 Å². The Morgan fingerprint density at radius 2 is 1.07 bits per heavy atom. The summed E-state index contributed by atoms with van der Waals surface area (Å²) in [6.07, 6.45) is 23.2. The van der Waals surface area contributed by atoms with E-state index in [1.165, 1.54) is 121 Å². The van der Waals surface area contributed by atoms with E-state index in [0.29, 0.717) is 0 Å². The smallest absolute Gasteiger partial charge is 0.0705 e. The van der Waals surface area contributed by atoms with Crippen LogP contribution in [-0.4, -0.2) is 5.75 Å². The molecule has 0 atom stereocenters. The molecule has 29 heavy (non-hydrogen) atoms. The second kappa shape index (κ2) is 18.5. The molecule has 0 spiro atoms. The van der Waals surface area contributed by atoms with Gasteiger partial charge in [0.15, 0.2) is 0 Å². The Morgan fingerprint density at radius 1 is 0.586 bits per heavy atom. The summed E-state index contributed by atoms with van der Waals surface area (Å²) in [6, 6.07) is 0. The maximum Gasteiger partial charge on any atom is 0.0705 e. The Balaban J connectivity index is 1.27. The molecule has 2 aliphatic rings. The molecule has 0 nitrogen and oxygen atoms in total. The Morgan fingerprint density at radius 3 is 1.59 bits per heavy atom. The average molecular weight is 489 g/mol. The van der Waals surface area contributed by atoms with Gasteiger partial charge in [-0.15, -0.1) is 11.8 Å². The lowest BCUT2D eigenvalue weighted by Gasteiger charge is -2.04. The van der Waals surface area contributed by atoms with Gasteiger partial charge >= 0.3 is 0 Å². The van der Waals surface area contributed by atoms with Crippen molar-refractivity contribution in [3.05, 3.63) is 28.9 Å². The third-order valence-corrected chi connectivity index (χ3v) is 11.7. The van der Waals surface area contributed by atoms with Crippen molar-refractivity contribution in [3.63, 3.8) is 0 Å². The third-order valence-electron chi connectivity index (χ3n) is 5.27. The van der Waals surface area contributed by atoms with Crippen LogP contribution in [0.2, 0.25) is 0 Å². The number of thioether (sulfide) groups is 5. The topological polar surface area (TPSA) is 0 Å². The molecule has 0 aromatic rings. The number of unbranched alkanes of at least 4 members (excludes halogenated alkanes) is 15. The van der Waals surface area contributed by atoms with E-state index in [-0.39, 0.29) is 0 Å². The summed E-state index contributed by atoms with van der Waals surface area (Å²) < 4.78 is 4.46. The van der Waals surface area contributed by atoms with Crippen LogP contribution in [0.15, 0.2) is 28.9 Å². The minimum Gasteiger partial charge on any atom is -0.118 e. The SMILES string of the molecule is CCCCCCCCCCCCCCCCCCSC1=CSC(=C2SC=CS2)S1. The van der Waals surface area contributed by atoms with Gasteiger partial charge in [-0.1, -0.05) is 150 Å². The van der Waals surface area contributed by atoms with E-state index in [2.05, 4.69) is 34.9 Å². The lowest BCUT2D eigenvalue weighted by molar-refractivity contribution is 0.532. The van der Waals surface area contributed by atoms with Gasteiger partial charge in [0.25, 0.3) is 0 Å². The summed E-state index contributed by atoms with van der Waals surface area (Å²) in [5.41, 5.74) is 0. The van der Waals surface area contributed by atoms with E-state index in [1.54, 1.807) is 0 Å². The zero-order valence-electron chi connectivity index (χ0n) is 18.3. The summed E-state index contributed by atoms with van der Waals surface area (Å²) in [7, 11) is 0. The fourth-order valence-corrected chi connectivity index (χ4v) is 9.44. The minimum atomic E-state index is 1.29. The van der Waals surface area contributed by atoms with Crippen molar-refractivity contribution >= 4 is 58.8 Å². The van der Waals surface area contributed by atoms with E-state index >= 15 is 0 Å². The molecule has 0 fully saturated rings. The third kappa shape index (κ3) is 13.2. The Hall–Kier alpha value is 0.970. The lowest BCUT2D eigenvalue weighted by atomic mass is 10.0. The molecule has 0 unspecified atom stereocenters. The van der Waals surface area contributed by atoms with Gasteiger partial charge in [0.05, 0.1) is 12.7 Å². The summed E-state index contributed by atoms with van der Waals surface area (Å²) >= 11 is 9.70. The molecule has 0 N–H and O–H groups in total. The van der Waals surface area contributed by atoms with Gasteiger partial charge in [-0.25, -0.2) is 0 Å². The molecular formula is C24H40S5. The quantitative estimate of drug-likeness (QED) is 0.175. The number of hydrogen-bond acceptors (Lipinski definition) is 5. The fourth-order valence-electron chi connectivity index (χ4n) is 3.52. The first-order valence-electron chi connectivity index (χ1n) is 11.8. The van der Waals surface area contributed by atoms with E-state index in [0.717, 1.165) is 0 Å². The molecule has 0 saturated heterocycles. The number of rotatable bonds is 18. The summed E-state index contributed by atoms with van der Waals surface area (Å²) in [5, 5.41) is 6.73. The molecule has 0 bridgehead atoms. The van der Waals surface area contributed by atoms with E-state index in [9.17, 15) is 0 Å². The first kappa shape index (κ1) is 26.2. The summed E-state index contributed by atoms with van der Waals surface area (Å²) in [6.45, 7) is 2.30. The molecule has 2 rings (SSSR count). The molecule has 0 saturated carbocycles. The van der Waals surface area contributed by atoms with Crippen molar-refractivity contribution in [1.29, 1.82) is 0 Å². The zero-order valence-corrected chi connectivity index (χ0v) is 22.4. The van der Waals surface area contributed by atoms with Crippen LogP contribution in [-0.2, 0) is 0 Å². The zero-order chi connectivity index (χ0) is 20.4. The van der Waals surface area contributed by atoms with E-state index in [1.807, 2.05) is 47.0 Å². The Bertz CT molecular complexity index is 499. The van der Waals surface area contributed by atoms with Crippen LogP contribution < -0.4 is 0 Å². The molecule has 0 aromatic heterocycles. The molecule has 0 aliphatic carbocycles. The molecular weight excluding hydrogens is 449 g/mol. The van der Waals surface area contributed by atoms with Gasteiger partial charge in [-0.3, -0.25) is 0 Å². The molecule has 0 aromatic carbocycles. The largest absolute Gasteiger partial charge is 0.118 e. The van der Waals surface area contributed by atoms with Crippen LogP contribution in [0.4, 0.5) is 0 Å². The first-order chi connectivity index (χ1) is 14.4. The minimum absolute atomic E-state index is 1.29. The maximum absolute atomic E-state index is 2.35. The summed E-state index contributed by atoms with van der Waals surface area (Å²) in [4.78, 5) is 0. The Labute approximate surface area is 202 Å². The highest BCUT2D eigenvalue weighted by molar-refractivity contribution is 8.37. The van der Waals surface area contributed by atoms with Gasteiger partial charge in [-0.05, 0) is 28.4 Å². The van der Waals surface area contributed by atoms with Gasteiger partial charge in [0.1, 0.15) is 0 Å². The fraction of sp³-hybridized carbons (Fsp3) is 0.750. The van der Waals surface area contributed by atoms with Gasteiger partial charge < -0.3 is 0 Å². The van der Waals surface area contributed by atoms with Crippen LogP contribution >= 0.6 is 58.8 Å². The average Bonchev–Trinajstić information content (AvgIpc) is 3.42. The van der Waals surface area contributed by atoms with Crippen molar-refractivity contribution in [3.8, 4) is 0 Å². The molecule has 5 heteroatoms. The second-order valence-corrected chi connectivity index (χ2v) is 13.6. The van der Waals surface area contributed by atoms with Crippen molar-refractivity contribution < 1.29 is 0 Å². The summed E-state index contributed by atoms with van der Waals surface area (Å²) in [5.74, 6) is 1.29. The van der Waals surface area contributed by atoms with Crippen LogP contribution in [0.1, 0.15) is 110 Å². The van der Waals surface area contributed by atoms with E-state index in [4.69, 9.17) is 0 Å². The van der Waals surface area contributed by atoms with E-state index < -0.39 is 0 Å². The monoisotopic (exact) mass is 488 g/mol. The van der Waals surface area contributed by atoms with Gasteiger partial charge in [-0.2, -0.15) is 0 Å². The van der Waals surface area contributed by atoms with Gasteiger partial charge in [0, 0.05) is 0 Å². The molecule has 0 radical (unpaired) electrons. The first-order valence-corrected chi connectivity index (χ1v) is 16.2. The molecule has 0 amide bonds. The highest BCUT2D eigenvalue weighted by Crippen LogP contribution is 2.55. The van der Waals surface area contributed by atoms with Gasteiger partial charge in [0.2, 0.25) is 0 Å². The van der Waals surface area contributed by atoms with Crippen molar-refractivity contribution in [1.82, 2.24) is 0 Å². The molecule has 2 aliphatic heterocycles. The predicted molar refractivity (Wildman–Crippen MR) is 147 cm³/mol. The van der Waals surface area contributed by atoms with Crippen LogP contribution in [0.5, 0.6) is 0 Å². The van der Waals surface area contributed by atoms with Crippen LogP contribution in [0.25, 0.3) is 0 Å².